The predicted molar refractivity (Wildman–Crippen MR) is 188 cm³/mol. The van der Waals surface area contributed by atoms with Crippen LogP contribution in [0.5, 0.6) is 0 Å². The SMILES string of the molecule is Cc1ccc(N(C(=O)C(CC(N)=O)(C2=C(c3ccc(Cl)c(Cl)c3)NOC2)C2=C(c3ccc(Cl)c(Cl)c3)NOC2)c2ccc(C)nc2)cc1. The molecule has 0 fully saturated rings. The number of primary amides is 1. The number of aryl methyl sites for hydroxylation is 2. The molecule has 0 saturated heterocycles. The van der Waals surface area contributed by atoms with Crippen molar-refractivity contribution in [1.29, 1.82) is 0 Å². The van der Waals surface area contributed by atoms with Crippen molar-refractivity contribution in [3.63, 3.8) is 0 Å². The summed E-state index contributed by atoms with van der Waals surface area (Å²) in [5, 5.41) is 1.26. The summed E-state index contributed by atoms with van der Waals surface area (Å²) >= 11 is 25.4. The predicted octanol–water partition coefficient (Wildman–Crippen LogP) is 7.73. The van der Waals surface area contributed by atoms with Crippen LogP contribution in [0.15, 0.2) is 90.1 Å². The van der Waals surface area contributed by atoms with Gasteiger partial charge >= 0.3 is 0 Å². The van der Waals surface area contributed by atoms with Gasteiger partial charge in [-0.3, -0.25) is 40.1 Å². The lowest BCUT2D eigenvalue weighted by Crippen LogP contribution is -2.48. The van der Waals surface area contributed by atoms with Crippen LogP contribution >= 0.6 is 46.4 Å². The van der Waals surface area contributed by atoms with Crippen LogP contribution in [0.25, 0.3) is 11.4 Å². The van der Waals surface area contributed by atoms with Gasteiger partial charge < -0.3 is 5.73 Å². The Balaban J connectivity index is 1.71. The molecule has 4 N–H and O–H groups in total. The van der Waals surface area contributed by atoms with Gasteiger partial charge in [-0.15, -0.1) is 0 Å². The van der Waals surface area contributed by atoms with E-state index in [4.69, 9.17) is 61.8 Å². The third kappa shape index (κ3) is 6.37. The molecule has 0 aliphatic carbocycles. The summed E-state index contributed by atoms with van der Waals surface area (Å²) in [5.41, 5.74) is 15.7. The number of hydrogen-bond donors (Lipinski definition) is 3. The topological polar surface area (TPSA) is 119 Å². The summed E-state index contributed by atoms with van der Waals surface area (Å²) in [7, 11) is 0. The third-order valence-corrected chi connectivity index (χ3v) is 9.76. The molecule has 0 atom stereocenters. The van der Waals surface area contributed by atoms with Crippen LogP contribution in [0.1, 0.15) is 28.8 Å². The first-order valence-corrected chi connectivity index (χ1v) is 16.3. The number of benzene rings is 3. The maximum atomic E-state index is 15.8. The fourth-order valence-corrected chi connectivity index (χ4v) is 6.52. The second kappa shape index (κ2) is 13.8. The van der Waals surface area contributed by atoms with Crippen molar-refractivity contribution in [2.24, 2.45) is 11.1 Å². The Kier molecular flexibility index (Phi) is 9.71. The standard InChI is InChI=1S/C35H29Cl4N5O4/c1-19-3-8-23(9-4-19)44(24-10-5-20(2)41-16-24)34(46)35(15-31(40)45,25-17-47-42-32(25)21-6-11-27(36)29(38)13-21)26-18-48-43-33(26)22-7-12-28(37)30(39)14-22/h3-14,16,42-43H,15,17-18H2,1-2H3,(H2,40,45). The van der Waals surface area contributed by atoms with E-state index in [1.807, 2.05) is 38.1 Å². The molecule has 0 spiro atoms. The van der Waals surface area contributed by atoms with Crippen molar-refractivity contribution in [3.05, 3.63) is 133 Å². The van der Waals surface area contributed by atoms with Gasteiger partial charge in [-0.1, -0.05) is 76.2 Å². The van der Waals surface area contributed by atoms with Crippen molar-refractivity contribution in [3.8, 4) is 0 Å². The number of halogens is 4. The largest absolute Gasteiger partial charge is 0.370 e. The Labute approximate surface area is 297 Å². The van der Waals surface area contributed by atoms with Crippen LogP contribution in [0.4, 0.5) is 11.4 Å². The van der Waals surface area contributed by atoms with Gasteiger partial charge in [0.05, 0.1) is 56.6 Å². The van der Waals surface area contributed by atoms with E-state index in [-0.39, 0.29) is 23.3 Å². The van der Waals surface area contributed by atoms with Crippen LogP contribution < -0.4 is 21.6 Å². The van der Waals surface area contributed by atoms with Crippen LogP contribution in [-0.2, 0) is 19.3 Å². The highest BCUT2D eigenvalue weighted by atomic mass is 35.5. The van der Waals surface area contributed by atoms with Gasteiger partial charge in [-0.05, 0) is 62.4 Å². The average Bonchev–Trinajstić information content (AvgIpc) is 3.76. The van der Waals surface area contributed by atoms with Crippen molar-refractivity contribution < 1.29 is 19.3 Å². The van der Waals surface area contributed by atoms with Gasteiger partial charge in [0.2, 0.25) is 11.8 Å². The van der Waals surface area contributed by atoms with Crippen molar-refractivity contribution in [1.82, 2.24) is 15.9 Å². The van der Waals surface area contributed by atoms with E-state index in [0.29, 0.717) is 55.1 Å². The molecule has 3 aromatic carbocycles. The summed E-state index contributed by atoms with van der Waals surface area (Å²) < 4.78 is 0. The van der Waals surface area contributed by atoms with Crippen molar-refractivity contribution in [2.75, 3.05) is 18.1 Å². The fraction of sp³-hybridized carbons (Fsp3) is 0.171. The lowest BCUT2D eigenvalue weighted by Gasteiger charge is -2.39. The van der Waals surface area contributed by atoms with Gasteiger partial charge in [0.1, 0.15) is 5.41 Å². The minimum Gasteiger partial charge on any atom is -0.370 e. The summed E-state index contributed by atoms with van der Waals surface area (Å²) in [6.45, 7) is 3.61. The van der Waals surface area contributed by atoms with Crippen LogP contribution in [-0.4, -0.2) is 30.0 Å². The minimum absolute atomic E-state index is 0.0966. The molecule has 2 amide bonds. The molecule has 13 heteroatoms. The number of pyridine rings is 1. The summed E-state index contributed by atoms with van der Waals surface area (Å²) in [4.78, 5) is 46.8. The number of hydrogen-bond acceptors (Lipinski definition) is 7. The number of nitrogens with one attached hydrogen (secondary N) is 2. The van der Waals surface area contributed by atoms with Gasteiger partial charge in [0.15, 0.2) is 0 Å². The molecular formula is C35H29Cl4N5O4. The number of nitrogens with zero attached hydrogens (tertiary/aromatic N) is 2. The minimum atomic E-state index is -1.79. The molecule has 2 aliphatic heterocycles. The number of amides is 2. The Morgan fingerprint density at radius 2 is 1.29 bits per heavy atom. The van der Waals surface area contributed by atoms with Gasteiger partial charge in [-0.2, -0.15) is 0 Å². The maximum absolute atomic E-state index is 15.8. The fourth-order valence-electron chi connectivity index (χ4n) is 5.92. The molecule has 0 unspecified atom stereocenters. The summed E-state index contributed by atoms with van der Waals surface area (Å²) in [5.74, 6) is -1.24. The van der Waals surface area contributed by atoms with Gasteiger partial charge in [0, 0.05) is 40.1 Å². The Morgan fingerprint density at radius 3 is 1.75 bits per heavy atom. The molecule has 6 rings (SSSR count). The van der Waals surface area contributed by atoms with E-state index in [0.717, 1.165) is 11.3 Å². The lowest BCUT2D eigenvalue weighted by molar-refractivity contribution is -0.129. The van der Waals surface area contributed by atoms with Crippen LogP contribution in [0.2, 0.25) is 20.1 Å². The number of rotatable bonds is 9. The lowest BCUT2D eigenvalue weighted by atomic mass is 9.67. The molecule has 0 radical (unpaired) electrons. The first kappa shape index (κ1) is 33.8. The molecule has 1 aromatic heterocycles. The number of anilines is 2. The average molecular weight is 725 g/mol. The molecular weight excluding hydrogens is 696 g/mol. The molecule has 3 heterocycles. The first-order valence-electron chi connectivity index (χ1n) is 14.8. The molecule has 0 saturated carbocycles. The summed E-state index contributed by atoms with van der Waals surface area (Å²) in [6, 6.07) is 21.1. The van der Waals surface area contributed by atoms with E-state index in [9.17, 15) is 4.79 Å². The zero-order chi connectivity index (χ0) is 34.2. The highest BCUT2D eigenvalue weighted by Gasteiger charge is 2.54. The maximum Gasteiger partial charge on any atom is 0.246 e. The van der Waals surface area contributed by atoms with Crippen molar-refractivity contribution >= 4 is 81.0 Å². The van der Waals surface area contributed by atoms with Crippen molar-refractivity contribution in [2.45, 2.75) is 20.3 Å². The van der Waals surface area contributed by atoms with Gasteiger partial charge in [0.25, 0.3) is 0 Å². The highest BCUT2D eigenvalue weighted by Crippen LogP contribution is 2.51. The number of hydroxylamine groups is 2. The molecule has 4 aromatic rings. The van der Waals surface area contributed by atoms with Crippen LogP contribution in [0, 0.1) is 19.3 Å². The third-order valence-electron chi connectivity index (χ3n) is 8.29. The Hall–Kier alpha value is -4.09. The highest BCUT2D eigenvalue weighted by molar-refractivity contribution is 6.42. The Bertz CT molecular complexity index is 1860. The van der Waals surface area contributed by atoms with Gasteiger partial charge in [-0.25, -0.2) is 0 Å². The first-order chi connectivity index (χ1) is 23.0. The molecule has 246 valence electrons. The smallest absolute Gasteiger partial charge is 0.246 e. The zero-order valence-electron chi connectivity index (χ0n) is 25.7. The molecule has 48 heavy (non-hydrogen) atoms. The van der Waals surface area contributed by atoms with E-state index < -0.39 is 23.7 Å². The molecule has 0 bridgehead atoms. The second-order valence-corrected chi connectivity index (χ2v) is 13.1. The van der Waals surface area contributed by atoms with E-state index in [1.165, 1.54) is 4.90 Å². The van der Waals surface area contributed by atoms with Crippen LogP contribution in [0.3, 0.4) is 0 Å². The quantitative estimate of drug-likeness (QED) is 0.162. The normalized spacial score (nSPS) is 14.6. The second-order valence-electron chi connectivity index (χ2n) is 11.4. The van der Waals surface area contributed by atoms with E-state index in [1.54, 1.807) is 54.7 Å². The molecule has 9 nitrogen and oxygen atoms in total. The zero-order valence-corrected chi connectivity index (χ0v) is 28.8. The van der Waals surface area contributed by atoms with E-state index in [2.05, 4.69) is 15.9 Å². The number of nitrogens with two attached hydrogens (primary N) is 1. The van der Waals surface area contributed by atoms with E-state index >= 15 is 4.79 Å². The number of carbonyl (C=O) groups is 2. The summed E-state index contributed by atoms with van der Waals surface area (Å²) in [6.07, 6.45) is 1.15. The molecule has 2 aliphatic rings. The number of carbonyl (C=O) groups excluding carboxylic acids is 2. The Morgan fingerprint density at radius 1 is 0.771 bits per heavy atom. The monoisotopic (exact) mass is 723 g/mol. The number of aromatic nitrogens is 1.